The van der Waals surface area contributed by atoms with Crippen molar-refractivity contribution in [2.45, 2.75) is 64.8 Å². The number of nitrogens with one attached hydrogen (secondary N) is 1. The van der Waals surface area contributed by atoms with Crippen molar-refractivity contribution in [3.05, 3.63) is 36.0 Å². The number of aliphatic hydroxyl groups is 1. The van der Waals surface area contributed by atoms with Crippen molar-refractivity contribution >= 4 is 0 Å². The number of para-hydroxylation sites is 2. The molecule has 2 N–H and O–H groups in total. The number of ether oxygens (including phenoxy) is 2. The molecule has 2 aromatic rings. The van der Waals surface area contributed by atoms with Crippen molar-refractivity contribution in [3.63, 3.8) is 0 Å². The van der Waals surface area contributed by atoms with Crippen LogP contribution in [0.3, 0.4) is 0 Å². The highest BCUT2D eigenvalue weighted by Gasteiger charge is 2.30. The summed E-state index contributed by atoms with van der Waals surface area (Å²) in [5.74, 6) is 2.18. The van der Waals surface area contributed by atoms with E-state index in [1.807, 2.05) is 24.3 Å². The summed E-state index contributed by atoms with van der Waals surface area (Å²) in [6, 6.07) is 8.57. The lowest BCUT2D eigenvalue weighted by atomic mass is 9.97. The van der Waals surface area contributed by atoms with Gasteiger partial charge >= 0.3 is 0 Å². The fourth-order valence-electron chi connectivity index (χ4n) is 3.73. The van der Waals surface area contributed by atoms with Gasteiger partial charge in [0.25, 0.3) is 5.89 Å². The van der Waals surface area contributed by atoms with Gasteiger partial charge in [-0.15, -0.1) is 0 Å². The van der Waals surface area contributed by atoms with Crippen LogP contribution in [-0.4, -0.2) is 46.6 Å². The van der Waals surface area contributed by atoms with E-state index < -0.39 is 6.10 Å². The van der Waals surface area contributed by atoms with Crippen LogP contribution >= 0.6 is 0 Å². The van der Waals surface area contributed by atoms with Crippen LogP contribution in [0.5, 0.6) is 11.5 Å². The van der Waals surface area contributed by atoms with Crippen LogP contribution in [-0.2, 0) is 6.61 Å². The number of rotatable bonds is 8. The van der Waals surface area contributed by atoms with Crippen molar-refractivity contribution < 1.29 is 24.0 Å². The number of aromatic nitrogens is 2. The van der Waals surface area contributed by atoms with Crippen LogP contribution in [0.1, 0.15) is 44.8 Å². The molecule has 1 saturated heterocycles. The summed E-state index contributed by atoms with van der Waals surface area (Å²) < 4.78 is 16.7. The number of nitrogens with zero attached hydrogens (tertiary/aromatic N) is 2. The molecule has 1 aromatic carbocycles. The number of hydrogen-bond acceptors (Lipinski definition) is 6. The molecule has 1 fully saturated rings. The van der Waals surface area contributed by atoms with E-state index in [0.29, 0.717) is 41.8 Å². The number of aliphatic hydroxyl groups excluding tert-OH is 1. The van der Waals surface area contributed by atoms with Gasteiger partial charge in [-0.05, 0) is 52.2 Å². The fourth-order valence-corrected chi connectivity index (χ4v) is 3.73. The second-order valence-corrected chi connectivity index (χ2v) is 7.45. The zero-order chi connectivity index (χ0) is 19.2. The number of piperidine rings is 1. The first-order valence-corrected chi connectivity index (χ1v) is 9.70. The summed E-state index contributed by atoms with van der Waals surface area (Å²) in [6.45, 7) is 7.41. The predicted octanol–water partition coefficient (Wildman–Crippen LogP) is 1.54. The first kappa shape index (κ1) is 19.6. The molecular formula is C20H30N3O4+. The van der Waals surface area contributed by atoms with E-state index in [4.69, 9.17) is 14.0 Å². The Kier molecular flexibility index (Phi) is 6.68. The topological polar surface area (TPSA) is 82.1 Å². The van der Waals surface area contributed by atoms with E-state index in [1.54, 1.807) is 6.92 Å². The summed E-state index contributed by atoms with van der Waals surface area (Å²) in [5.41, 5.74) is 0. The SMILES string of the molecule is Cc1noc(COc2ccccc2OC[C@H](O)C[NH+]2[C@H](C)CCC[C@@H]2C)n1. The molecule has 0 saturated carbocycles. The molecule has 1 aromatic heterocycles. The molecule has 1 aliphatic rings. The van der Waals surface area contributed by atoms with Gasteiger partial charge < -0.3 is 24.0 Å². The highest BCUT2D eigenvalue weighted by atomic mass is 16.5. The number of benzene rings is 1. The first-order chi connectivity index (χ1) is 13.0. The van der Waals surface area contributed by atoms with E-state index >= 15 is 0 Å². The number of hydrogen-bond donors (Lipinski definition) is 2. The van der Waals surface area contributed by atoms with Gasteiger partial charge in [0, 0.05) is 0 Å². The normalized spacial score (nSPS) is 23.8. The van der Waals surface area contributed by atoms with Gasteiger partial charge in [-0.3, -0.25) is 0 Å². The molecular weight excluding hydrogens is 346 g/mol. The molecule has 0 bridgehead atoms. The molecule has 148 valence electrons. The van der Waals surface area contributed by atoms with E-state index in [0.717, 1.165) is 0 Å². The average Bonchev–Trinajstić information content (AvgIpc) is 3.07. The monoisotopic (exact) mass is 376 g/mol. The van der Waals surface area contributed by atoms with E-state index in [2.05, 4.69) is 24.0 Å². The van der Waals surface area contributed by atoms with E-state index in [-0.39, 0.29) is 13.2 Å². The van der Waals surface area contributed by atoms with Crippen LogP contribution in [0.25, 0.3) is 0 Å². The molecule has 0 spiro atoms. The Hall–Kier alpha value is -2.12. The van der Waals surface area contributed by atoms with Gasteiger partial charge in [-0.25, -0.2) is 0 Å². The van der Waals surface area contributed by atoms with Crippen molar-refractivity contribution in [2.75, 3.05) is 13.2 Å². The van der Waals surface area contributed by atoms with Crippen molar-refractivity contribution in [3.8, 4) is 11.5 Å². The Morgan fingerprint density at radius 2 is 1.85 bits per heavy atom. The van der Waals surface area contributed by atoms with Gasteiger partial charge in [-0.1, -0.05) is 17.3 Å². The maximum Gasteiger partial charge on any atom is 0.264 e. The smallest absolute Gasteiger partial charge is 0.264 e. The van der Waals surface area contributed by atoms with Crippen LogP contribution in [0.4, 0.5) is 0 Å². The fraction of sp³-hybridized carbons (Fsp3) is 0.600. The van der Waals surface area contributed by atoms with Crippen LogP contribution < -0.4 is 14.4 Å². The molecule has 1 unspecified atom stereocenters. The number of aryl methyl sites for hydroxylation is 1. The standard InChI is InChI=1S/C20H29N3O4/c1-14-7-6-8-15(2)23(14)11-17(24)12-25-18-9-4-5-10-19(18)26-13-20-21-16(3)22-27-20/h4-5,9-10,14-15,17,24H,6-8,11-13H2,1-3H3/p+1/t14-,15+,17-/m1/s1. The second-order valence-electron chi connectivity index (χ2n) is 7.45. The lowest BCUT2D eigenvalue weighted by Gasteiger charge is -2.36. The second kappa shape index (κ2) is 9.19. The predicted molar refractivity (Wildman–Crippen MR) is 99.9 cm³/mol. The molecule has 0 aliphatic carbocycles. The molecule has 3 rings (SSSR count). The first-order valence-electron chi connectivity index (χ1n) is 9.70. The van der Waals surface area contributed by atoms with Crippen molar-refractivity contribution in [1.82, 2.24) is 10.1 Å². The Labute approximate surface area is 160 Å². The number of likely N-dealkylation sites (tertiary alicyclic amines) is 1. The van der Waals surface area contributed by atoms with Crippen LogP contribution in [0.2, 0.25) is 0 Å². The van der Waals surface area contributed by atoms with Gasteiger partial charge in [0.1, 0.15) is 19.3 Å². The summed E-state index contributed by atoms with van der Waals surface area (Å²) in [7, 11) is 0. The van der Waals surface area contributed by atoms with Gasteiger partial charge in [0.2, 0.25) is 0 Å². The minimum absolute atomic E-state index is 0.177. The summed E-state index contributed by atoms with van der Waals surface area (Å²) in [5, 5.41) is 14.2. The Morgan fingerprint density at radius 3 is 2.48 bits per heavy atom. The van der Waals surface area contributed by atoms with E-state index in [1.165, 1.54) is 24.2 Å². The third-order valence-corrected chi connectivity index (χ3v) is 5.21. The molecule has 7 heteroatoms. The maximum atomic E-state index is 10.5. The molecule has 0 radical (unpaired) electrons. The maximum absolute atomic E-state index is 10.5. The quantitative estimate of drug-likeness (QED) is 0.727. The molecule has 27 heavy (non-hydrogen) atoms. The third-order valence-electron chi connectivity index (χ3n) is 5.21. The highest BCUT2D eigenvalue weighted by molar-refractivity contribution is 5.39. The minimum atomic E-state index is -0.519. The minimum Gasteiger partial charge on any atom is -0.487 e. The van der Waals surface area contributed by atoms with Gasteiger partial charge in [-0.2, -0.15) is 4.98 Å². The van der Waals surface area contributed by atoms with Crippen molar-refractivity contribution in [2.24, 2.45) is 0 Å². The van der Waals surface area contributed by atoms with Crippen molar-refractivity contribution in [1.29, 1.82) is 0 Å². The Morgan fingerprint density at radius 1 is 1.19 bits per heavy atom. The summed E-state index contributed by atoms with van der Waals surface area (Å²) >= 11 is 0. The van der Waals surface area contributed by atoms with Gasteiger partial charge in [0.15, 0.2) is 23.9 Å². The lowest BCUT2D eigenvalue weighted by Crippen LogP contribution is -3.20. The highest BCUT2D eigenvalue weighted by Crippen LogP contribution is 2.27. The molecule has 1 aliphatic heterocycles. The zero-order valence-corrected chi connectivity index (χ0v) is 16.4. The van der Waals surface area contributed by atoms with Crippen LogP contribution in [0, 0.1) is 6.92 Å². The Bertz CT molecular complexity index is 711. The third kappa shape index (κ3) is 5.43. The molecule has 0 amide bonds. The van der Waals surface area contributed by atoms with Gasteiger partial charge in [0.05, 0.1) is 12.1 Å². The summed E-state index contributed by atoms with van der Waals surface area (Å²) in [4.78, 5) is 5.59. The molecule has 2 heterocycles. The van der Waals surface area contributed by atoms with E-state index in [9.17, 15) is 5.11 Å². The van der Waals surface area contributed by atoms with Crippen LogP contribution in [0.15, 0.2) is 28.8 Å². The summed E-state index contributed by atoms with van der Waals surface area (Å²) in [6.07, 6.45) is 3.20. The Balaban J connectivity index is 1.52. The average molecular weight is 376 g/mol. The zero-order valence-electron chi connectivity index (χ0n) is 16.4. The number of quaternary nitrogens is 1. The molecule has 7 nitrogen and oxygen atoms in total. The lowest BCUT2D eigenvalue weighted by molar-refractivity contribution is -0.954. The molecule has 4 atom stereocenters. The largest absolute Gasteiger partial charge is 0.487 e.